The first-order valence-corrected chi connectivity index (χ1v) is 6.05. The van der Waals surface area contributed by atoms with Crippen LogP contribution in [0.15, 0.2) is 24.3 Å². The van der Waals surface area contributed by atoms with E-state index in [9.17, 15) is 9.59 Å². The SMILES string of the molecule is O=C(Nc1ccc(Cl)cc1)N[C@]1(C(=O)O)C[C@@H]1CO. The molecule has 1 saturated carbocycles. The number of aliphatic hydroxyl groups excluding tert-OH is 1. The maximum Gasteiger partial charge on any atom is 0.329 e. The molecule has 2 amide bonds. The van der Waals surface area contributed by atoms with E-state index >= 15 is 0 Å². The molecule has 2 rings (SSSR count). The number of carboxylic acids is 1. The third-order valence-electron chi connectivity index (χ3n) is 3.15. The number of carboxylic acid groups (broad SMARTS) is 1. The summed E-state index contributed by atoms with van der Waals surface area (Å²) in [6.45, 7) is -0.270. The van der Waals surface area contributed by atoms with Crippen LogP contribution in [0.4, 0.5) is 10.5 Å². The summed E-state index contributed by atoms with van der Waals surface area (Å²) in [4.78, 5) is 22.8. The summed E-state index contributed by atoms with van der Waals surface area (Å²) in [6, 6.07) is 5.80. The summed E-state index contributed by atoms with van der Waals surface area (Å²) < 4.78 is 0. The number of anilines is 1. The van der Waals surface area contributed by atoms with Gasteiger partial charge in [-0.1, -0.05) is 11.6 Å². The number of halogens is 1. The van der Waals surface area contributed by atoms with Gasteiger partial charge in [0.05, 0.1) is 0 Å². The van der Waals surface area contributed by atoms with E-state index < -0.39 is 23.5 Å². The second-order valence-electron chi connectivity index (χ2n) is 4.45. The zero-order valence-corrected chi connectivity index (χ0v) is 10.6. The monoisotopic (exact) mass is 284 g/mol. The maximum atomic E-state index is 11.7. The van der Waals surface area contributed by atoms with Crippen LogP contribution in [0.25, 0.3) is 0 Å². The molecule has 0 aliphatic heterocycles. The van der Waals surface area contributed by atoms with Crippen molar-refractivity contribution < 1.29 is 19.8 Å². The smallest absolute Gasteiger partial charge is 0.329 e. The fourth-order valence-corrected chi connectivity index (χ4v) is 2.04. The minimum absolute atomic E-state index is 0.229. The summed E-state index contributed by atoms with van der Waals surface area (Å²) in [5, 5.41) is 23.5. The van der Waals surface area contributed by atoms with E-state index in [1.54, 1.807) is 24.3 Å². The van der Waals surface area contributed by atoms with Crippen molar-refractivity contribution in [2.45, 2.75) is 12.0 Å². The Hall–Kier alpha value is -1.79. The van der Waals surface area contributed by atoms with E-state index in [0.717, 1.165) is 0 Å². The van der Waals surface area contributed by atoms with Gasteiger partial charge in [-0.25, -0.2) is 9.59 Å². The molecule has 6 nitrogen and oxygen atoms in total. The third kappa shape index (κ3) is 2.80. The molecule has 0 unspecified atom stereocenters. The maximum absolute atomic E-state index is 11.7. The second kappa shape index (κ2) is 5.07. The molecule has 2 atom stereocenters. The van der Waals surface area contributed by atoms with Crippen molar-refractivity contribution in [1.29, 1.82) is 0 Å². The number of hydrogen-bond acceptors (Lipinski definition) is 3. The van der Waals surface area contributed by atoms with Gasteiger partial charge in [0, 0.05) is 23.2 Å². The van der Waals surface area contributed by atoms with Gasteiger partial charge in [-0.2, -0.15) is 0 Å². The van der Waals surface area contributed by atoms with Crippen LogP contribution in [0.3, 0.4) is 0 Å². The summed E-state index contributed by atoms with van der Waals surface area (Å²) >= 11 is 5.71. The minimum atomic E-state index is -1.36. The molecule has 0 bridgehead atoms. The van der Waals surface area contributed by atoms with E-state index in [2.05, 4.69) is 10.6 Å². The van der Waals surface area contributed by atoms with Crippen molar-refractivity contribution in [2.24, 2.45) is 5.92 Å². The van der Waals surface area contributed by atoms with Crippen molar-refractivity contribution in [3.63, 3.8) is 0 Å². The highest BCUT2D eigenvalue weighted by Crippen LogP contribution is 2.43. The summed E-state index contributed by atoms with van der Waals surface area (Å²) in [5.74, 6) is -1.58. The van der Waals surface area contributed by atoms with Crippen molar-refractivity contribution in [1.82, 2.24) is 5.32 Å². The van der Waals surface area contributed by atoms with E-state index in [0.29, 0.717) is 10.7 Å². The minimum Gasteiger partial charge on any atom is -0.479 e. The Morgan fingerprint density at radius 1 is 1.37 bits per heavy atom. The van der Waals surface area contributed by atoms with Gasteiger partial charge in [-0.3, -0.25) is 0 Å². The van der Waals surface area contributed by atoms with Crippen molar-refractivity contribution in [2.75, 3.05) is 11.9 Å². The molecule has 1 aromatic carbocycles. The standard InChI is InChI=1S/C12H13ClN2O4/c13-8-1-3-9(4-2-8)14-11(19)15-12(10(17)18)5-7(12)6-16/h1-4,7,16H,5-6H2,(H,17,18)(H2,14,15,19)/t7-,12-/m1/s1. The number of rotatable bonds is 4. The highest BCUT2D eigenvalue weighted by molar-refractivity contribution is 6.30. The van der Waals surface area contributed by atoms with Crippen molar-refractivity contribution in [3.05, 3.63) is 29.3 Å². The van der Waals surface area contributed by atoms with Crippen LogP contribution in [0, 0.1) is 5.92 Å². The van der Waals surface area contributed by atoms with Crippen LogP contribution in [0.1, 0.15) is 6.42 Å². The van der Waals surface area contributed by atoms with Crippen LogP contribution in [-0.2, 0) is 4.79 Å². The quantitative estimate of drug-likeness (QED) is 0.670. The van der Waals surface area contributed by atoms with Crippen LogP contribution in [-0.4, -0.2) is 34.4 Å². The highest BCUT2D eigenvalue weighted by Gasteiger charge is 2.61. The van der Waals surface area contributed by atoms with Crippen LogP contribution in [0.2, 0.25) is 5.02 Å². The number of aliphatic carboxylic acids is 1. The molecule has 1 aliphatic carbocycles. The predicted octanol–water partition coefficient (Wildman–Crippen LogP) is 1.30. The fourth-order valence-electron chi connectivity index (χ4n) is 1.92. The lowest BCUT2D eigenvalue weighted by molar-refractivity contribution is -0.141. The molecule has 19 heavy (non-hydrogen) atoms. The first kappa shape index (κ1) is 13.6. The lowest BCUT2D eigenvalue weighted by Gasteiger charge is -2.15. The molecule has 4 N–H and O–H groups in total. The molecule has 1 aromatic rings. The Bertz CT molecular complexity index is 505. The Labute approximate surface area is 114 Å². The number of nitrogens with one attached hydrogen (secondary N) is 2. The highest BCUT2D eigenvalue weighted by atomic mass is 35.5. The molecule has 7 heteroatoms. The molecular formula is C12H13ClN2O4. The fraction of sp³-hybridized carbons (Fsp3) is 0.333. The average Bonchev–Trinajstić information content (AvgIpc) is 3.07. The van der Waals surface area contributed by atoms with Gasteiger partial charge in [0.15, 0.2) is 0 Å². The van der Waals surface area contributed by atoms with Gasteiger partial charge in [0.1, 0.15) is 5.54 Å². The van der Waals surface area contributed by atoms with Crippen LogP contribution < -0.4 is 10.6 Å². The number of amides is 2. The largest absolute Gasteiger partial charge is 0.479 e. The molecule has 0 radical (unpaired) electrons. The molecule has 0 aromatic heterocycles. The van der Waals surface area contributed by atoms with Gasteiger partial charge in [-0.15, -0.1) is 0 Å². The van der Waals surface area contributed by atoms with Gasteiger partial charge < -0.3 is 20.8 Å². The van der Waals surface area contributed by atoms with Gasteiger partial charge in [0.25, 0.3) is 0 Å². The van der Waals surface area contributed by atoms with Gasteiger partial charge in [0.2, 0.25) is 0 Å². The number of carbonyl (C=O) groups is 2. The summed E-state index contributed by atoms with van der Waals surface area (Å²) in [7, 11) is 0. The molecule has 0 saturated heterocycles. The molecule has 0 heterocycles. The number of urea groups is 1. The van der Waals surface area contributed by atoms with Gasteiger partial charge >= 0.3 is 12.0 Å². The number of carbonyl (C=O) groups excluding carboxylic acids is 1. The third-order valence-corrected chi connectivity index (χ3v) is 3.40. The van der Waals surface area contributed by atoms with E-state index in [4.69, 9.17) is 21.8 Å². The first-order chi connectivity index (χ1) is 8.98. The Balaban J connectivity index is 1.98. The summed E-state index contributed by atoms with van der Waals surface area (Å²) in [6.07, 6.45) is 0.229. The van der Waals surface area contributed by atoms with E-state index in [-0.39, 0.29) is 13.0 Å². The molecule has 0 spiro atoms. The molecule has 102 valence electrons. The average molecular weight is 285 g/mol. The van der Waals surface area contributed by atoms with E-state index in [1.807, 2.05) is 0 Å². The Morgan fingerprint density at radius 3 is 2.47 bits per heavy atom. The zero-order chi connectivity index (χ0) is 14.0. The topological polar surface area (TPSA) is 98.7 Å². The van der Waals surface area contributed by atoms with Crippen LogP contribution in [0.5, 0.6) is 0 Å². The number of hydrogen-bond donors (Lipinski definition) is 4. The van der Waals surface area contributed by atoms with Crippen LogP contribution >= 0.6 is 11.6 Å². The molecule has 1 aliphatic rings. The molecular weight excluding hydrogens is 272 g/mol. The Kier molecular flexibility index (Phi) is 3.64. The normalized spacial score (nSPS) is 24.6. The van der Waals surface area contributed by atoms with E-state index in [1.165, 1.54) is 0 Å². The first-order valence-electron chi connectivity index (χ1n) is 5.67. The lowest BCUT2D eigenvalue weighted by Crippen LogP contribution is -2.47. The lowest BCUT2D eigenvalue weighted by atomic mass is 10.2. The van der Waals surface area contributed by atoms with Crippen molar-refractivity contribution >= 4 is 29.3 Å². The second-order valence-corrected chi connectivity index (χ2v) is 4.88. The molecule has 1 fully saturated rings. The summed E-state index contributed by atoms with van der Waals surface area (Å²) in [5.41, 5.74) is -0.853. The zero-order valence-electron chi connectivity index (χ0n) is 9.89. The van der Waals surface area contributed by atoms with Crippen molar-refractivity contribution in [3.8, 4) is 0 Å². The Morgan fingerprint density at radius 2 is 2.00 bits per heavy atom. The predicted molar refractivity (Wildman–Crippen MR) is 69.2 cm³/mol. The van der Waals surface area contributed by atoms with Gasteiger partial charge in [-0.05, 0) is 30.7 Å². The number of benzene rings is 1. The number of aliphatic hydroxyl groups is 1.